The molecule has 3 N–H and O–H groups in total. The van der Waals surface area contributed by atoms with Crippen molar-refractivity contribution in [2.45, 2.75) is 19.4 Å². The summed E-state index contributed by atoms with van der Waals surface area (Å²) in [6.07, 6.45) is 0. The molecule has 0 atom stereocenters. The molecule has 84 valence electrons. The first-order valence-electron chi connectivity index (χ1n) is 4.33. The van der Waals surface area contributed by atoms with E-state index in [2.05, 4.69) is 0 Å². The minimum absolute atomic E-state index is 0.137. The highest BCUT2D eigenvalue weighted by atomic mass is 19.2. The highest BCUT2D eigenvalue weighted by Crippen LogP contribution is 2.38. The zero-order chi connectivity index (χ0) is 11.8. The van der Waals surface area contributed by atoms with Crippen LogP contribution in [-0.2, 0) is 5.54 Å². The molecule has 3 nitrogen and oxygen atoms in total. The summed E-state index contributed by atoms with van der Waals surface area (Å²) in [6.45, 7) is 2.92. The summed E-state index contributed by atoms with van der Waals surface area (Å²) < 4.78 is 31.2. The third-order valence-corrected chi connectivity index (χ3v) is 2.02. The maximum Gasteiger partial charge on any atom is 0.167 e. The predicted molar refractivity (Wildman–Crippen MR) is 51.8 cm³/mol. The number of hydrogen-bond acceptors (Lipinski definition) is 3. The smallest absolute Gasteiger partial charge is 0.167 e. The molecule has 0 aliphatic carbocycles. The number of aromatic hydroxyl groups is 1. The number of nitrogens with two attached hydrogens (primary N) is 1. The summed E-state index contributed by atoms with van der Waals surface area (Å²) in [4.78, 5) is 0. The highest BCUT2D eigenvalue weighted by Gasteiger charge is 2.28. The average Bonchev–Trinajstić information content (AvgIpc) is 2.09. The number of phenolic OH excluding ortho intramolecular Hbond substituents is 1. The van der Waals surface area contributed by atoms with E-state index in [1.165, 1.54) is 21.0 Å². The zero-order valence-electron chi connectivity index (χ0n) is 8.77. The number of hydrogen-bond donors (Lipinski definition) is 2. The van der Waals surface area contributed by atoms with Gasteiger partial charge in [0.15, 0.2) is 23.1 Å². The molecular weight excluding hydrogens is 204 g/mol. The van der Waals surface area contributed by atoms with E-state index in [1.54, 1.807) is 0 Å². The van der Waals surface area contributed by atoms with Crippen LogP contribution in [0.5, 0.6) is 11.5 Å². The van der Waals surface area contributed by atoms with Gasteiger partial charge in [0.1, 0.15) is 0 Å². The van der Waals surface area contributed by atoms with Crippen molar-refractivity contribution >= 4 is 0 Å². The second-order valence-corrected chi connectivity index (χ2v) is 3.82. The van der Waals surface area contributed by atoms with Gasteiger partial charge in [-0.3, -0.25) is 0 Å². The Balaban J connectivity index is 3.55. The minimum Gasteiger partial charge on any atom is -0.504 e. The minimum atomic E-state index is -1.19. The van der Waals surface area contributed by atoms with Crippen molar-refractivity contribution in [3.05, 3.63) is 23.3 Å². The van der Waals surface area contributed by atoms with Crippen LogP contribution in [0.1, 0.15) is 19.4 Å². The van der Waals surface area contributed by atoms with Crippen LogP contribution in [0, 0.1) is 11.6 Å². The molecule has 0 fully saturated rings. The van der Waals surface area contributed by atoms with E-state index in [0.717, 1.165) is 6.07 Å². The van der Waals surface area contributed by atoms with Gasteiger partial charge >= 0.3 is 0 Å². The topological polar surface area (TPSA) is 55.5 Å². The van der Waals surface area contributed by atoms with Gasteiger partial charge in [-0.1, -0.05) is 0 Å². The molecule has 0 bridgehead atoms. The van der Waals surface area contributed by atoms with Gasteiger partial charge < -0.3 is 15.6 Å². The Hall–Kier alpha value is -1.36. The molecule has 0 heterocycles. The van der Waals surface area contributed by atoms with Crippen LogP contribution in [0.15, 0.2) is 6.07 Å². The van der Waals surface area contributed by atoms with Gasteiger partial charge in [-0.2, -0.15) is 0 Å². The lowest BCUT2D eigenvalue weighted by atomic mass is 9.93. The fraction of sp³-hybridized carbons (Fsp3) is 0.400. The monoisotopic (exact) mass is 217 g/mol. The molecule has 15 heavy (non-hydrogen) atoms. The molecule has 0 spiro atoms. The first-order valence-corrected chi connectivity index (χ1v) is 4.33. The Morgan fingerprint density at radius 2 is 1.93 bits per heavy atom. The van der Waals surface area contributed by atoms with Crippen molar-refractivity contribution in [3.63, 3.8) is 0 Å². The van der Waals surface area contributed by atoms with Gasteiger partial charge in [-0.15, -0.1) is 0 Å². The molecule has 0 amide bonds. The maximum absolute atomic E-state index is 13.4. The second-order valence-electron chi connectivity index (χ2n) is 3.82. The van der Waals surface area contributed by atoms with E-state index >= 15 is 0 Å². The summed E-state index contributed by atoms with van der Waals surface area (Å²) in [5.74, 6) is -2.86. The van der Waals surface area contributed by atoms with Gasteiger partial charge in [0.2, 0.25) is 0 Å². The van der Waals surface area contributed by atoms with Crippen LogP contribution >= 0.6 is 0 Å². The third kappa shape index (κ3) is 2.02. The summed E-state index contributed by atoms with van der Waals surface area (Å²) in [5.41, 5.74) is 4.15. The number of methoxy groups -OCH3 is 1. The van der Waals surface area contributed by atoms with Gasteiger partial charge in [-0.25, -0.2) is 8.78 Å². The Morgan fingerprint density at radius 3 is 2.33 bits per heavy atom. The van der Waals surface area contributed by atoms with E-state index in [4.69, 9.17) is 10.5 Å². The molecule has 0 aliphatic heterocycles. The Morgan fingerprint density at radius 1 is 1.40 bits per heavy atom. The largest absolute Gasteiger partial charge is 0.504 e. The van der Waals surface area contributed by atoms with Crippen LogP contribution < -0.4 is 10.5 Å². The molecular formula is C10H13F2NO2. The average molecular weight is 217 g/mol. The van der Waals surface area contributed by atoms with Crippen molar-refractivity contribution in [2.75, 3.05) is 7.11 Å². The van der Waals surface area contributed by atoms with Crippen molar-refractivity contribution in [2.24, 2.45) is 5.73 Å². The van der Waals surface area contributed by atoms with Gasteiger partial charge in [0.25, 0.3) is 0 Å². The molecule has 1 aromatic rings. The van der Waals surface area contributed by atoms with Crippen LogP contribution in [-0.4, -0.2) is 12.2 Å². The van der Waals surface area contributed by atoms with Crippen molar-refractivity contribution < 1.29 is 18.6 Å². The summed E-state index contributed by atoms with van der Waals surface area (Å²) in [7, 11) is 1.25. The molecule has 1 rings (SSSR count). The fourth-order valence-corrected chi connectivity index (χ4v) is 1.34. The fourth-order valence-electron chi connectivity index (χ4n) is 1.34. The summed E-state index contributed by atoms with van der Waals surface area (Å²) >= 11 is 0. The molecule has 0 unspecified atom stereocenters. The van der Waals surface area contributed by atoms with Crippen LogP contribution in [0.25, 0.3) is 0 Å². The second kappa shape index (κ2) is 3.66. The molecule has 5 heteroatoms. The zero-order valence-corrected chi connectivity index (χ0v) is 8.77. The standard InChI is InChI=1S/C10H13F2NO2/c1-10(2,13)7-8(12)5(11)4-6(15-3)9(7)14/h4,14H,13H2,1-3H3. The van der Waals surface area contributed by atoms with E-state index < -0.39 is 22.9 Å². The normalized spacial score (nSPS) is 11.6. The molecule has 0 saturated heterocycles. The molecule has 0 aromatic heterocycles. The van der Waals surface area contributed by atoms with E-state index in [0.29, 0.717) is 0 Å². The van der Waals surface area contributed by atoms with Crippen molar-refractivity contribution in [1.82, 2.24) is 0 Å². The number of rotatable bonds is 2. The number of ether oxygens (including phenoxy) is 1. The molecule has 0 radical (unpaired) electrons. The van der Waals surface area contributed by atoms with Gasteiger partial charge in [-0.05, 0) is 13.8 Å². The Labute approximate surface area is 86.5 Å². The first kappa shape index (κ1) is 11.7. The van der Waals surface area contributed by atoms with Crippen LogP contribution in [0.4, 0.5) is 8.78 Å². The molecule has 0 aliphatic rings. The number of phenols is 1. The summed E-state index contributed by atoms with van der Waals surface area (Å²) in [5, 5.41) is 9.62. The highest BCUT2D eigenvalue weighted by molar-refractivity contribution is 5.49. The lowest BCUT2D eigenvalue weighted by Gasteiger charge is -2.22. The van der Waals surface area contributed by atoms with E-state index in [-0.39, 0.29) is 11.3 Å². The van der Waals surface area contributed by atoms with Crippen LogP contribution in [0.2, 0.25) is 0 Å². The van der Waals surface area contributed by atoms with Crippen molar-refractivity contribution in [1.29, 1.82) is 0 Å². The first-order chi connectivity index (χ1) is 6.79. The van der Waals surface area contributed by atoms with Gasteiger partial charge in [0, 0.05) is 11.6 Å². The lowest BCUT2D eigenvalue weighted by molar-refractivity contribution is 0.346. The SMILES string of the molecule is COc1cc(F)c(F)c(C(C)(C)N)c1O. The Kier molecular flexibility index (Phi) is 2.86. The quantitative estimate of drug-likeness (QED) is 0.795. The summed E-state index contributed by atoms with van der Waals surface area (Å²) in [6, 6.07) is 0.778. The third-order valence-electron chi connectivity index (χ3n) is 2.02. The maximum atomic E-state index is 13.4. The van der Waals surface area contributed by atoms with E-state index in [9.17, 15) is 13.9 Å². The predicted octanol–water partition coefficient (Wildman–Crippen LogP) is 1.87. The molecule has 1 aromatic carbocycles. The van der Waals surface area contributed by atoms with Crippen molar-refractivity contribution in [3.8, 4) is 11.5 Å². The lowest BCUT2D eigenvalue weighted by Crippen LogP contribution is -2.30. The van der Waals surface area contributed by atoms with E-state index in [1.807, 2.05) is 0 Å². The molecule has 0 saturated carbocycles. The number of halogens is 2. The van der Waals surface area contributed by atoms with Gasteiger partial charge in [0.05, 0.1) is 12.7 Å². The van der Waals surface area contributed by atoms with Crippen LogP contribution in [0.3, 0.4) is 0 Å². The Bertz CT molecular complexity index is 386. The number of benzene rings is 1.